The normalized spacial score (nSPS) is 9.00. The van der Waals surface area contributed by atoms with Crippen molar-refractivity contribution < 1.29 is 14.6 Å². The van der Waals surface area contributed by atoms with Crippen molar-refractivity contribution in [2.24, 2.45) is 5.73 Å². The highest BCUT2D eigenvalue weighted by molar-refractivity contribution is 6.35. The maximum Gasteiger partial charge on any atom is 0.341 e. The van der Waals surface area contributed by atoms with E-state index in [0.717, 1.165) is 6.54 Å². The van der Waals surface area contributed by atoms with Crippen molar-refractivity contribution in [2.75, 3.05) is 13.2 Å². The number of benzene rings is 1. The third kappa shape index (κ3) is 6.50. The molecule has 0 aliphatic rings. The average Bonchev–Trinajstić information content (AvgIpc) is 2.17. The lowest BCUT2D eigenvalue weighted by molar-refractivity contribution is -0.139. The highest BCUT2D eigenvalue weighted by atomic mass is 35.5. The molecule has 0 heterocycles. The van der Waals surface area contributed by atoms with E-state index in [4.69, 9.17) is 38.8 Å². The lowest BCUT2D eigenvalue weighted by Crippen LogP contribution is -2.09. The molecule has 16 heavy (non-hydrogen) atoms. The van der Waals surface area contributed by atoms with E-state index < -0.39 is 12.6 Å². The highest BCUT2D eigenvalue weighted by Crippen LogP contribution is 2.27. The molecule has 0 saturated carbocycles. The van der Waals surface area contributed by atoms with Gasteiger partial charge in [-0.1, -0.05) is 30.1 Å². The molecule has 1 rings (SSSR count). The van der Waals surface area contributed by atoms with Crippen LogP contribution in [0.2, 0.25) is 10.0 Å². The van der Waals surface area contributed by atoms with Gasteiger partial charge in [-0.2, -0.15) is 0 Å². The Morgan fingerprint density at radius 1 is 1.50 bits per heavy atom. The molecule has 0 spiro atoms. The number of ether oxygens (including phenoxy) is 1. The minimum absolute atomic E-state index is 0.300. The molecule has 0 bridgehead atoms. The second kappa shape index (κ2) is 8.21. The zero-order valence-electron chi connectivity index (χ0n) is 8.74. The van der Waals surface area contributed by atoms with E-state index in [2.05, 4.69) is 0 Å². The smallest absolute Gasteiger partial charge is 0.341 e. The molecule has 0 fully saturated rings. The van der Waals surface area contributed by atoms with Crippen LogP contribution in [-0.4, -0.2) is 24.2 Å². The number of rotatable bonds is 3. The van der Waals surface area contributed by atoms with Crippen LogP contribution in [0.4, 0.5) is 0 Å². The van der Waals surface area contributed by atoms with Crippen molar-refractivity contribution in [1.82, 2.24) is 0 Å². The molecule has 0 saturated heterocycles. The van der Waals surface area contributed by atoms with Crippen LogP contribution in [0.5, 0.6) is 5.75 Å². The van der Waals surface area contributed by atoms with Crippen LogP contribution in [0.1, 0.15) is 6.92 Å². The maximum absolute atomic E-state index is 10.2. The summed E-state index contributed by atoms with van der Waals surface area (Å²) in [6.45, 7) is 2.24. The standard InChI is InChI=1S/C8H6Cl2O3.C2H7N/c9-5-1-2-7(6(10)3-5)13-4-8(11)12;1-2-3/h1-3H,4H2,(H,11,12);2-3H2,1H3. The Morgan fingerprint density at radius 2 is 2.06 bits per heavy atom. The zero-order chi connectivity index (χ0) is 12.6. The number of aliphatic carboxylic acids is 1. The number of carboxylic acids is 1. The van der Waals surface area contributed by atoms with Crippen LogP contribution < -0.4 is 10.5 Å². The van der Waals surface area contributed by atoms with Gasteiger partial charge >= 0.3 is 5.97 Å². The number of carbonyl (C=O) groups is 1. The topological polar surface area (TPSA) is 72.6 Å². The van der Waals surface area contributed by atoms with Gasteiger partial charge in [0, 0.05) is 5.02 Å². The van der Waals surface area contributed by atoms with Gasteiger partial charge in [0.2, 0.25) is 0 Å². The number of hydrogen-bond donors (Lipinski definition) is 2. The van der Waals surface area contributed by atoms with Gasteiger partial charge in [-0.3, -0.25) is 0 Å². The molecule has 0 aliphatic carbocycles. The lowest BCUT2D eigenvalue weighted by Gasteiger charge is -2.04. The van der Waals surface area contributed by atoms with Gasteiger partial charge in [0.1, 0.15) is 5.75 Å². The number of halogens is 2. The van der Waals surface area contributed by atoms with Gasteiger partial charge in [0.25, 0.3) is 0 Å². The van der Waals surface area contributed by atoms with Crippen molar-refractivity contribution in [3.8, 4) is 5.75 Å². The van der Waals surface area contributed by atoms with Gasteiger partial charge in [0.15, 0.2) is 6.61 Å². The van der Waals surface area contributed by atoms with E-state index in [1.165, 1.54) is 12.1 Å². The van der Waals surface area contributed by atoms with Crippen molar-refractivity contribution in [3.63, 3.8) is 0 Å². The summed E-state index contributed by atoms with van der Waals surface area (Å²) in [5, 5.41) is 9.11. The Morgan fingerprint density at radius 3 is 2.50 bits per heavy atom. The van der Waals surface area contributed by atoms with Crippen LogP contribution >= 0.6 is 23.2 Å². The first-order valence-electron chi connectivity index (χ1n) is 4.51. The number of nitrogens with two attached hydrogens (primary N) is 1. The SMILES string of the molecule is CCN.O=C(O)COc1ccc(Cl)cc1Cl. The van der Waals surface area contributed by atoms with Crippen molar-refractivity contribution in [1.29, 1.82) is 0 Å². The summed E-state index contributed by atoms with van der Waals surface area (Å²) < 4.78 is 4.86. The first-order valence-corrected chi connectivity index (χ1v) is 5.26. The third-order valence-corrected chi connectivity index (χ3v) is 1.78. The quantitative estimate of drug-likeness (QED) is 0.881. The molecular formula is C10H13Cl2NO3. The monoisotopic (exact) mass is 265 g/mol. The Kier molecular flexibility index (Phi) is 7.72. The van der Waals surface area contributed by atoms with Crippen molar-refractivity contribution in [2.45, 2.75) is 6.92 Å². The number of carboxylic acid groups (broad SMARTS) is 1. The lowest BCUT2D eigenvalue weighted by atomic mass is 10.3. The average molecular weight is 266 g/mol. The molecule has 1 aromatic rings. The predicted octanol–water partition coefficient (Wildman–Crippen LogP) is 2.42. The van der Waals surface area contributed by atoms with Gasteiger partial charge in [-0.05, 0) is 24.7 Å². The summed E-state index contributed by atoms with van der Waals surface area (Å²) in [5.41, 5.74) is 4.85. The Bertz CT molecular complexity index is 345. The summed E-state index contributed by atoms with van der Waals surface area (Å²) in [4.78, 5) is 10.2. The second-order valence-electron chi connectivity index (χ2n) is 2.67. The summed E-state index contributed by atoms with van der Waals surface area (Å²) in [7, 11) is 0. The van der Waals surface area contributed by atoms with Crippen LogP contribution in [-0.2, 0) is 4.79 Å². The van der Waals surface area contributed by atoms with Gasteiger partial charge in [0.05, 0.1) is 5.02 Å². The first-order chi connectivity index (χ1) is 7.51. The van der Waals surface area contributed by atoms with E-state index in [0.29, 0.717) is 15.8 Å². The first kappa shape index (κ1) is 15.0. The van der Waals surface area contributed by atoms with Gasteiger partial charge < -0.3 is 15.6 Å². The fraction of sp³-hybridized carbons (Fsp3) is 0.300. The van der Waals surface area contributed by atoms with Crippen molar-refractivity contribution in [3.05, 3.63) is 28.2 Å². The van der Waals surface area contributed by atoms with E-state index in [9.17, 15) is 4.79 Å². The molecule has 1 aromatic carbocycles. The summed E-state index contributed by atoms with van der Waals surface area (Å²) in [6, 6.07) is 4.58. The maximum atomic E-state index is 10.2. The molecule has 0 atom stereocenters. The summed E-state index contributed by atoms with van der Waals surface area (Å²) in [5.74, 6) is -0.737. The van der Waals surface area contributed by atoms with E-state index in [1.807, 2.05) is 6.92 Å². The Labute approximate surface area is 104 Å². The van der Waals surface area contributed by atoms with E-state index >= 15 is 0 Å². The fourth-order valence-electron chi connectivity index (χ4n) is 0.732. The Balaban J connectivity index is 0.000000673. The van der Waals surface area contributed by atoms with Crippen molar-refractivity contribution >= 4 is 29.2 Å². The molecule has 90 valence electrons. The van der Waals surface area contributed by atoms with Crippen LogP contribution in [0.3, 0.4) is 0 Å². The minimum atomic E-state index is -1.05. The summed E-state index contributed by atoms with van der Waals surface area (Å²) >= 11 is 11.3. The van der Waals surface area contributed by atoms with Gasteiger partial charge in [-0.15, -0.1) is 0 Å². The Hall–Kier alpha value is -0.970. The van der Waals surface area contributed by atoms with E-state index in [1.54, 1.807) is 6.07 Å². The van der Waals surface area contributed by atoms with Crippen LogP contribution in [0, 0.1) is 0 Å². The summed E-state index contributed by atoms with van der Waals surface area (Å²) in [6.07, 6.45) is 0. The molecule has 6 heteroatoms. The highest BCUT2D eigenvalue weighted by Gasteiger charge is 2.04. The fourth-order valence-corrected chi connectivity index (χ4v) is 1.19. The molecule has 0 unspecified atom stereocenters. The largest absolute Gasteiger partial charge is 0.480 e. The van der Waals surface area contributed by atoms with Crippen LogP contribution in [0.15, 0.2) is 18.2 Å². The minimum Gasteiger partial charge on any atom is -0.480 e. The molecule has 0 aromatic heterocycles. The molecule has 0 amide bonds. The molecule has 3 N–H and O–H groups in total. The number of hydrogen-bond acceptors (Lipinski definition) is 3. The molecule has 0 aliphatic heterocycles. The van der Waals surface area contributed by atoms with Crippen LogP contribution in [0.25, 0.3) is 0 Å². The van der Waals surface area contributed by atoms with Gasteiger partial charge in [-0.25, -0.2) is 4.79 Å². The van der Waals surface area contributed by atoms with E-state index in [-0.39, 0.29) is 0 Å². The zero-order valence-corrected chi connectivity index (χ0v) is 10.3. The molecule has 4 nitrogen and oxygen atoms in total. The predicted molar refractivity (Wildman–Crippen MR) is 64.3 cm³/mol. The molecule has 0 radical (unpaired) electrons. The third-order valence-electron chi connectivity index (χ3n) is 1.25. The molecular weight excluding hydrogens is 253 g/mol. The second-order valence-corrected chi connectivity index (χ2v) is 3.51.